The van der Waals surface area contributed by atoms with Gasteiger partial charge in [0.15, 0.2) is 0 Å². The van der Waals surface area contributed by atoms with E-state index in [0.29, 0.717) is 17.9 Å². The monoisotopic (exact) mass is 341 g/mol. The van der Waals surface area contributed by atoms with Crippen LogP contribution in [-0.4, -0.2) is 46.5 Å². The third-order valence-corrected chi connectivity index (χ3v) is 4.88. The van der Waals surface area contributed by atoms with Gasteiger partial charge in [0.05, 0.1) is 5.92 Å². The Bertz CT molecular complexity index is 468. The molecule has 0 aliphatic heterocycles. The van der Waals surface area contributed by atoms with Gasteiger partial charge >= 0.3 is 5.97 Å². The Kier molecular flexibility index (Phi) is 9.08. The number of hydrogen-bond acceptors (Lipinski definition) is 4. The minimum Gasteiger partial charge on any atom is -0.480 e. The summed E-state index contributed by atoms with van der Waals surface area (Å²) in [6.45, 7) is 2.05. The molecule has 1 rings (SSSR count). The molecule has 0 saturated carbocycles. The zero-order valence-electron chi connectivity index (χ0n) is 13.0. The summed E-state index contributed by atoms with van der Waals surface area (Å²) in [6, 6.07) is 9.00. The van der Waals surface area contributed by atoms with Crippen molar-refractivity contribution in [2.75, 3.05) is 23.5 Å². The molecular weight excluding hydrogens is 318 g/mol. The fourth-order valence-electron chi connectivity index (χ4n) is 2.02. The molecule has 0 saturated heterocycles. The Hall–Kier alpha value is -1.14. The van der Waals surface area contributed by atoms with E-state index >= 15 is 0 Å². The number of carbonyl (C=O) groups excluding carboxylic acids is 1. The Morgan fingerprint density at radius 2 is 1.91 bits per heavy atom. The molecule has 6 heteroatoms. The number of carbonyl (C=O) groups is 2. The molecule has 122 valence electrons. The number of carboxylic acid groups (broad SMARTS) is 1. The first-order valence-electron chi connectivity index (χ1n) is 7.22. The number of hydrogen-bond donors (Lipinski definition) is 2. The minimum absolute atomic E-state index is 0.175. The van der Waals surface area contributed by atoms with E-state index in [4.69, 9.17) is 5.11 Å². The molecule has 1 amide bonds. The van der Waals surface area contributed by atoms with Gasteiger partial charge in [-0.15, -0.1) is 0 Å². The molecule has 0 radical (unpaired) electrons. The normalized spacial score (nSPS) is 13.4. The van der Waals surface area contributed by atoms with Crippen LogP contribution in [0.5, 0.6) is 0 Å². The number of amides is 1. The van der Waals surface area contributed by atoms with Crippen LogP contribution in [0.1, 0.15) is 12.5 Å². The van der Waals surface area contributed by atoms with Gasteiger partial charge < -0.3 is 10.4 Å². The van der Waals surface area contributed by atoms with Crippen molar-refractivity contribution in [3.05, 3.63) is 35.9 Å². The molecule has 0 aromatic heterocycles. The van der Waals surface area contributed by atoms with E-state index in [1.807, 2.05) is 36.6 Å². The average molecular weight is 341 g/mol. The van der Waals surface area contributed by atoms with E-state index in [1.165, 1.54) is 11.8 Å². The van der Waals surface area contributed by atoms with E-state index < -0.39 is 12.0 Å². The Morgan fingerprint density at radius 1 is 1.23 bits per heavy atom. The largest absolute Gasteiger partial charge is 0.480 e. The lowest BCUT2D eigenvalue weighted by molar-refractivity contribution is -0.141. The van der Waals surface area contributed by atoms with Gasteiger partial charge in [-0.1, -0.05) is 37.3 Å². The van der Waals surface area contributed by atoms with Crippen LogP contribution in [0.3, 0.4) is 0 Å². The number of nitrogens with one attached hydrogen (secondary N) is 1. The molecule has 0 bridgehead atoms. The number of benzene rings is 1. The molecule has 0 spiro atoms. The van der Waals surface area contributed by atoms with Crippen LogP contribution in [0.4, 0.5) is 0 Å². The summed E-state index contributed by atoms with van der Waals surface area (Å²) in [5.74, 6) is 0.640. The molecule has 1 aromatic carbocycles. The van der Waals surface area contributed by atoms with Crippen LogP contribution in [0, 0.1) is 5.92 Å². The van der Waals surface area contributed by atoms with Crippen molar-refractivity contribution in [1.82, 2.24) is 5.32 Å². The summed E-state index contributed by atoms with van der Waals surface area (Å²) >= 11 is 3.11. The molecule has 2 atom stereocenters. The second kappa shape index (κ2) is 10.6. The fraction of sp³-hybridized carbons (Fsp3) is 0.500. The Morgan fingerprint density at radius 3 is 2.45 bits per heavy atom. The lowest BCUT2D eigenvalue weighted by Crippen LogP contribution is -2.46. The van der Waals surface area contributed by atoms with Crippen LogP contribution in [0.2, 0.25) is 0 Å². The van der Waals surface area contributed by atoms with Gasteiger partial charge in [-0.05, 0) is 24.0 Å². The Balaban J connectivity index is 2.72. The van der Waals surface area contributed by atoms with Gasteiger partial charge in [0.1, 0.15) is 6.04 Å². The minimum atomic E-state index is -0.982. The second-order valence-corrected chi connectivity index (χ2v) is 7.13. The lowest BCUT2D eigenvalue weighted by Gasteiger charge is -2.20. The summed E-state index contributed by atoms with van der Waals surface area (Å²) in [5.41, 5.74) is 1.09. The predicted octanol–water partition coefficient (Wildman–Crippen LogP) is 2.53. The van der Waals surface area contributed by atoms with Gasteiger partial charge in [0, 0.05) is 11.5 Å². The topological polar surface area (TPSA) is 66.4 Å². The van der Waals surface area contributed by atoms with Crippen LogP contribution in [0.15, 0.2) is 30.3 Å². The fourth-order valence-corrected chi connectivity index (χ4v) is 3.37. The van der Waals surface area contributed by atoms with Crippen LogP contribution in [-0.2, 0) is 16.0 Å². The highest BCUT2D eigenvalue weighted by atomic mass is 32.2. The zero-order valence-corrected chi connectivity index (χ0v) is 14.6. The molecule has 0 aliphatic rings. The second-order valence-electron chi connectivity index (χ2n) is 4.90. The van der Waals surface area contributed by atoms with Crippen molar-refractivity contribution in [3.8, 4) is 0 Å². The van der Waals surface area contributed by atoms with Crippen molar-refractivity contribution in [2.45, 2.75) is 19.4 Å². The van der Waals surface area contributed by atoms with E-state index in [1.54, 1.807) is 11.8 Å². The summed E-state index contributed by atoms with van der Waals surface area (Å²) < 4.78 is 0. The molecule has 0 fully saturated rings. The third-order valence-electron chi connectivity index (χ3n) is 3.17. The quantitative estimate of drug-likeness (QED) is 0.684. The maximum absolute atomic E-state index is 12.4. The molecule has 2 N–H and O–H groups in total. The van der Waals surface area contributed by atoms with E-state index in [2.05, 4.69) is 12.2 Å². The van der Waals surface area contributed by atoms with Crippen molar-refractivity contribution in [2.24, 2.45) is 5.92 Å². The number of carboxylic acids is 1. The smallest absolute Gasteiger partial charge is 0.327 e. The molecular formula is C16H23NO3S2. The highest BCUT2D eigenvalue weighted by Gasteiger charge is 2.25. The van der Waals surface area contributed by atoms with E-state index in [-0.39, 0.29) is 11.8 Å². The standard InChI is InChI=1S/C16H23NO3S2/c1-3-22-10-13(9-12-7-5-4-6-8-12)15(18)17-14(11-21-2)16(19)20/h4-8,13-14H,3,9-11H2,1-2H3,(H,17,18)(H,19,20)/t13?,14-/m0/s1. The van der Waals surface area contributed by atoms with E-state index in [9.17, 15) is 9.59 Å². The number of aliphatic carboxylic acids is 1. The predicted molar refractivity (Wildman–Crippen MR) is 94.6 cm³/mol. The highest BCUT2D eigenvalue weighted by Crippen LogP contribution is 2.15. The zero-order chi connectivity index (χ0) is 16.4. The SMILES string of the molecule is CCSCC(Cc1ccccc1)C(=O)N[C@@H](CSC)C(=O)O. The molecule has 0 aliphatic carbocycles. The van der Waals surface area contributed by atoms with Crippen LogP contribution in [0.25, 0.3) is 0 Å². The van der Waals surface area contributed by atoms with Crippen molar-refractivity contribution >= 4 is 35.4 Å². The molecule has 1 aromatic rings. The molecule has 1 unspecified atom stereocenters. The van der Waals surface area contributed by atoms with Crippen LogP contribution < -0.4 is 5.32 Å². The Labute approximate surface area is 140 Å². The first-order valence-corrected chi connectivity index (χ1v) is 9.77. The van der Waals surface area contributed by atoms with Crippen molar-refractivity contribution in [3.63, 3.8) is 0 Å². The van der Waals surface area contributed by atoms with Gasteiger partial charge in [-0.2, -0.15) is 23.5 Å². The van der Waals surface area contributed by atoms with E-state index in [0.717, 1.165) is 11.3 Å². The summed E-state index contributed by atoms with van der Waals surface area (Å²) in [6.07, 6.45) is 2.46. The average Bonchev–Trinajstić information content (AvgIpc) is 2.51. The van der Waals surface area contributed by atoms with Gasteiger partial charge in [-0.3, -0.25) is 4.79 Å². The van der Waals surface area contributed by atoms with Gasteiger partial charge in [0.25, 0.3) is 0 Å². The first-order chi connectivity index (χ1) is 10.6. The van der Waals surface area contributed by atoms with Crippen LogP contribution >= 0.6 is 23.5 Å². The summed E-state index contributed by atoms with van der Waals surface area (Å²) in [7, 11) is 0. The van der Waals surface area contributed by atoms with Crippen molar-refractivity contribution < 1.29 is 14.7 Å². The third kappa shape index (κ3) is 6.75. The maximum Gasteiger partial charge on any atom is 0.327 e. The summed E-state index contributed by atoms with van der Waals surface area (Å²) in [5, 5.41) is 11.8. The number of rotatable bonds is 10. The molecule has 0 heterocycles. The maximum atomic E-state index is 12.4. The molecule has 22 heavy (non-hydrogen) atoms. The number of thioether (sulfide) groups is 2. The lowest BCUT2D eigenvalue weighted by atomic mass is 10.00. The van der Waals surface area contributed by atoms with Crippen molar-refractivity contribution in [1.29, 1.82) is 0 Å². The first kappa shape index (κ1) is 18.9. The van der Waals surface area contributed by atoms with Gasteiger partial charge in [0.2, 0.25) is 5.91 Å². The highest BCUT2D eigenvalue weighted by molar-refractivity contribution is 7.99. The summed E-state index contributed by atoms with van der Waals surface area (Å²) in [4.78, 5) is 23.6. The van der Waals surface area contributed by atoms with Gasteiger partial charge in [-0.25, -0.2) is 4.79 Å². The molecule has 4 nitrogen and oxygen atoms in total.